The van der Waals surface area contributed by atoms with Crippen LogP contribution >= 0.6 is 0 Å². The molecule has 8 nitrogen and oxygen atoms in total. The van der Waals surface area contributed by atoms with Gasteiger partial charge < -0.3 is 24.2 Å². The van der Waals surface area contributed by atoms with Crippen LogP contribution < -0.4 is 4.74 Å². The van der Waals surface area contributed by atoms with Crippen LogP contribution in [0.25, 0.3) is 0 Å². The Labute approximate surface area is 269 Å². The summed E-state index contributed by atoms with van der Waals surface area (Å²) in [4.78, 5) is 45.0. The van der Waals surface area contributed by atoms with Crippen molar-refractivity contribution in [2.24, 2.45) is 0 Å². The lowest BCUT2D eigenvalue weighted by Crippen LogP contribution is -2.57. The molecule has 8 heteroatoms. The van der Waals surface area contributed by atoms with Crippen LogP contribution in [0.2, 0.25) is 0 Å². The molecule has 1 unspecified atom stereocenters. The van der Waals surface area contributed by atoms with Crippen molar-refractivity contribution in [3.63, 3.8) is 0 Å². The maximum atomic E-state index is 13.6. The topological polar surface area (TPSA) is 79.4 Å². The van der Waals surface area contributed by atoms with Crippen molar-refractivity contribution in [2.75, 3.05) is 39.3 Å². The van der Waals surface area contributed by atoms with Gasteiger partial charge in [0.15, 0.2) is 5.60 Å². The summed E-state index contributed by atoms with van der Waals surface area (Å²) in [5, 5.41) is 0. The minimum atomic E-state index is -1.08. The van der Waals surface area contributed by atoms with E-state index in [0.29, 0.717) is 44.4 Å². The molecule has 0 radical (unpaired) electrons. The van der Waals surface area contributed by atoms with Crippen LogP contribution in [-0.2, 0) is 9.53 Å². The van der Waals surface area contributed by atoms with Crippen LogP contribution in [0.15, 0.2) is 48.5 Å². The van der Waals surface area contributed by atoms with Crippen molar-refractivity contribution in [1.82, 2.24) is 14.7 Å². The van der Waals surface area contributed by atoms with Crippen molar-refractivity contribution in [3.8, 4) is 5.75 Å². The van der Waals surface area contributed by atoms with E-state index in [1.165, 1.54) is 37.7 Å². The molecule has 244 valence electrons. The quantitative estimate of drug-likeness (QED) is 0.349. The molecular formula is C37H51N3O5. The zero-order valence-corrected chi connectivity index (χ0v) is 27.8. The molecule has 1 aliphatic carbocycles. The molecular weight excluding hydrogens is 566 g/mol. The Bertz CT molecular complexity index is 1350. The summed E-state index contributed by atoms with van der Waals surface area (Å²) in [5.74, 6) is 1.42. The van der Waals surface area contributed by atoms with E-state index in [0.717, 1.165) is 30.5 Å². The molecule has 1 atom stereocenters. The highest BCUT2D eigenvalue weighted by Gasteiger charge is 2.37. The van der Waals surface area contributed by atoms with Gasteiger partial charge in [-0.25, -0.2) is 4.79 Å². The molecule has 0 N–H and O–H groups in total. The minimum absolute atomic E-state index is 0.110. The third kappa shape index (κ3) is 8.39. The number of ether oxygens (including phenoxy) is 2. The van der Waals surface area contributed by atoms with E-state index in [1.807, 2.05) is 56.0 Å². The largest absolute Gasteiger partial charge is 0.478 e. The predicted molar refractivity (Wildman–Crippen MR) is 176 cm³/mol. The average Bonchev–Trinajstić information content (AvgIpc) is 3.04. The normalized spacial score (nSPS) is 20.1. The number of hydrogen-bond donors (Lipinski definition) is 0. The highest BCUT2D eigenvalue weighted by molar-refractivity contribution is 5.94. The van der Waals surface area contributed by atoms with Crippen LogP contribution in [0, 0.1) is 0 Å². The van der Waals surface area contributed by atoms with Crippen molar-refractivity contribution >= 4 is 17.9 Å². The molecule has 3 amide bonds. The average molecular weight is 618 g/mol. The van der Waals surface area contributed by atoms with Crippen LogP contribution in [0.4, 0.5) is 4.79 Å². The lowest BCUT2D eigenvalue weighted by molar-refractivity contribution is -0.147. The number of hydrogen-bond acceptors (Lipinski definition) is 5. The fraction of sp³-hybridized carbons (Fsp3) is 0.595. The number of amides is 3. The van der Waals surface area contributed by atoms with Gasteiger partial charge in [-0.05, 0) is 102 Å². The van der Waals surface area contributed by atoms with Crippen LogP contribution in [0.1, 0.15) is 113 Å². The molecule has 3 aliphatic rings. The van der Waals surface area contributed by atoms with Gasteiger partial charge in [-0.2, -0.15) is 0 Å². The standard InChI is InChI=1S/C37H51N3O5/c1-36(2,3)45-35(43)39-22-20-38(21-23-39)34(42)37(4,5)44-32-18-10-15-29(25-32)31-17-11-19-40(26-31)33(41)30-16-9-14-28(24-30)27-12-7-6-8-13-27/h9-10,14-16,18,24-25,27,31H,6-8,11-13,17,19-23,26H2,1-5H3. The summed E-state index contributed by atoms with van der Waals surface area (Å²) in [5.41, 5.74) is 1.59. The van der Waals surface area contributed by atoms with Gasteiger partial charge in [0.05, 0.1) is 0 Å². The first-order chi connectivity index (χ1) is 21.4. The number of piperidine rings is 1. The molecule has 0 bridgehead atoms. The lowest BCUT2D eigenvalue weighted by atomic mass is 9.83. The highest BCUT2D eigenvalue weighted by Crippen LogP contribution is 2.34. The summed E-state index contributed by atoms with van der Waals surface area (Å²) in [6.07, 6.45) is 7.90. The Morgan fingerprint density at radius 1 is 0.689 bits per heavy atom. The molecule has 5 rings (SSSR count). The first kappa shape index (κ1) is 32.8. The molecule has 2 aliphatic heterocycles. The third-order valence-corrected chi connectivity index (χ3v) is 9.35. The second-order valence-corrected chi connectivity index (χ2v) is 14.5. The first-order valence-corrected chi connectivity index (χ1v) is 16.9. The summed E-state index contributed by atoms with van der Waals surface area (Å²) < 4.78 is 11.8. The number of carbonyl (C=O) groups excluding carboxylic acids is 3. The second-order valence-electron chi connectivity index (χ2n) is 14.5. The zero-order valence-electron chi connectivity index (χ0n) is 27.8. The number of likely N-dealkylation sites (tertiary alicyclic amines) is 1. The number of carbonyl (C=O) groups is 3. The Kier molecular flexibility index (Phi) is 10.1. The van der Waals surface area contributed by atoms with Gasteiger partial charge in [0, 0.05) is 50.7 Å². The van der Waals surface area contributed by atoms with Crippen molar-refractivity contribution in [1.29, 1.82) is 0 Å². The van der Waals surface area contributed by atoms with E-state index in [2.05, 4.69) is 18.2 Å². The van der Waals surface area contributed by atoms with E-state index in [9.17, 15) is 14.4 Å². The lowest BCUT2D eigenvalue weighted by Gasteiger charge is -2.39. The van der Waals surface area contributed by atoms with E-state index in [-0.39, 0.29) is 23.8 Å². The molecule has 45 heavy (non-hydrogen) atoms. The molecule has 1 saturated carbocycles. The van der Waals surface area contributed by atoms with Gasteiger partial charge in [-0.3, -0.25) is 9.59 Å². The van der Waals surface area contributed by atoms with Gasteiger partial charge >= 0.3 is 6.09 Å². The summed E-state index contributed by atoms with van der Waals surface area (Å²) in [6, 6.07) is 16.3. The summed E-state index contributed by atoms with van der Waals surface area (Å²) >= 11 is 0. The smallest absolute Gasteiger partial charge is 0.410 e. The molecule has 3 fully saturated rings. The maximum absolute atomic E-state index is 13.6. The first-order valence-electron chi connectivity index (χ1n) is 16.9. The SMILES string of the molecule is CC(C)(C)OC(=O)N1CCN(C(=O)C(C)(C)Oc2cccc(C3CCCN(C(=O)c4cccc(C5CCCCC5)c4)C3)c2)CC1. The summed E-state index contributed by atoms with van der Waals surface area (Å²) in [6.45, 7) is 12.3. The number of rotatable bonds is 6. The van der Waals surface area contributed by atoms with Crippen LogP contribution in [0.3, 0.4) is 0 Å². The van der Waals surface area contributed by atoms with Gasteiger partial charge in [0.25, 0.3) is 11.8 Å². The van der Waals surface area contributed by atoms with Gasteiger partial charge in [0.1, 0.15) is 11.4 Å². The molecule has 2 heterocycles. The van der Waals surface area contributed by atoms with Crippen LogP contribution in [0.5, 0.6) is 5.75 Å². The van der Waals surface area contributed by atoms with Crippen LogP contribution in [-0.4, -0.2) is 83.1 Å². The van der Waals surface area contributed by atoms with Crippen molar-refractivity contribution in [3.05, 3.63) is 65.2 Å². The Morgan fingerprint density at radius 2 is 1.31 bits per heavy atom. The predicted octanol–water partition coefficient (Wildman–Crippen LogP) is 6.99. The van der Waals surface area contributed by atoms with Gasteiger partial charge in [0.2, 0.25) is 0 Å². The molecule has 0 aromatic heterocycles. The van der Waals surface area contributed by atoms with Crippen molar-refractivity contribution in [2.45, 2.75) is 103 Å². The highest BCUT2D eigenvalue weighted by atomic mass is 16.6. The molecule has 0 spiro atoms. The molecule has 2 aromatic carbocycles. The second kappa shape index (κ2) is 13.8. The van der Waals surface area contributed by atoms with Crippen molar-refractivity contribution < 1.29 is 23.9 Å². The van der Waals surface area contributed by atoms with Gasteiger partial charge in [-0.1, -0.05) is 43.5 Å². The molecule has 2 aromatic rings. The summed E-state index contributed by atoms with van der Waals surface area (Å²) in [7, 11) is 0. The fourth-order valence-corrected chi connectivity index (χ4v) is 6.95. The minimum Gasteiger partial charge on any atom is -0.478 e. The third-order valence-electron chi connectivity index (χ3n) is 9.35. The fourth-order valence-electron chi connectivity index (χ4n) is 6.95. The van der Waals surface area contributed by atoms with E-state index in [1.54, 1.807) is 23.6 Å². The zero-order chi connectivity index (χ0) is 32.2. The Morgan fingerprint density at radius 3 is 2.00 bits per heavy atom. The monoisotopic (exact) mass is 617 g/mol. The Balaban J connectivity index is 1.19. The van der Waals surface area contributed by atoms with E-state index < -0.39 is 11.2 Å². The van der Waals surface area contributed by atoms with E-state index >= 15 is 0 Å². The van der Waals surface area contributed by atoms with Gasteiger partial charge in [-0.15, -0.1) is 0 Å². The number of benzene rings is 2. The maximum Gasteiger partial charge on any atom is 0.410 e. The molecule has 2 saturated heterocycles. The number of nitrogens with zero attached hydrogens (tertiary/aromatic N) is 3. The van der Waals surface area contributed by atoms with E-state index in [4.69, 9.17) is 9.47 Å². The number of piperazine rings is 1. The Hall–Kier alpha value is -3.55.